The van der Waals surface area contributed by atoms with Crippen molar-refractivity contribution in [3.05, 3.63) is 11.8 Å². The fourth-order valence-electron chi connectivity index (χ4n) is 1.41. The molecular weight excluding hydrogens is 218 g/mol. The Morgan fingerprint density at radius 1 is 1.53 bits per heavy atom. The minimum absolute atomic E-state index is 0.0107. The van der Waals surface area contributed by atoms with E-state index in [0.29, 0.717) is 17.8 Å². The van der Waals surface area contributed by atoms with Gasteiger partial charge < -0.3 is 16.0 Å². The van der Waals surface area contributed by atoms with Gasteiger partial charge in [-0.3, -0.25) is 4.79 Å². The summed E-state index contributed by atoms with van der Waals surface area (Å²) >= 11 is 0. The van der Waals surface area contributed by atoms with Gasteiger partial charge in [0.15, 0.2) is 0 Å². The number of anilines is 2. The van der Waals surface area contributed by atoms with Crippen molar-refractivity contribution < 1.29 is 4.79 Å². The highest BCUT2D eigenvalue weighted by molar-refractivity contribution is 5.81. The van der Waals surface area contributed by atoms with Crippen LogP contribution < -0.4 is 16.0 Å². The standard InChI is InChI=1S/C11H17N5O/c1-7-5-14-11(12-2)16-10(7)13-6-9(17)15-8-3-4-8/h5,8H,3-4,6H2,1-2H3,(H,15,17)(H2,12,13,14,16). The van der Waals surface area contributed by atoms with E-state index < -0.39 is 0 Å². The number of hydrogen-bond donors (Lipinski definition) is 3. The van der Waals surface area contributed by atoms with Crippen LogP contribution in [0.1, 0.15) is 18.4 Å². The number of carbonyl (C=O) groups excluding carboxylic acids is 1. The fraction of sp³-hybridized carbons (Fsp3) is 0.545. The minimum Gasteiger partial charge on any atom is -0.361 e. The largest absolute Gasteiger partial charge is 0.361 e. The summed E-state index contributed by atoms with van der Waals surface area (Å²) in [7, 11) is 1.76. The van der Waals surface area contributed by atoms with Gasteiger partial charge in [0.1, 0.15) is 5.82 Å². The average Bonchev–Trinajstić information content (AvgIpc) is 3.12. The highest BCUT2D eigenvalue weighted by Gasteiger charge is 2.22. The van der Waals surface area contributed by atoms with Crippen LogP contribution in [0.5, 0.6) is 0 Å². The lowest BCUT2D eigenvalue weighted by atomic mass is 10.3. The van der Waals surface area contributed by atoms with Crippen molar-refractivity contribution in [2.45, 2.75) is 25.8 Å². The van der Waals surface area contributed by atoms with Crippen LogP contribution >= 0.6 is 0 Å². The van der Waals surface area contributed by atoms with Crippen LogP contribution in [0.3, 0.4) is 0 Å². The zero-order valence-electron chi connectivity index (χ0n) is 10.1. The maximum atomic E-state index is 11.5. The molecule has 92 valence electrons. The molecule has 1 aliphatic carbocycles. The summed E-state index contributed by atoms with van der Waals surface area (Å²) in [5.74, 6) is 1.24. The van der Waals surface area contributed by atoms with E-state index in [-0.39, 0.29) is 12.5 Å². The van der Waals surface area contributed by atoms with Crippen molar-refractivity contribution in [3.8, 4) is 0 Å². The molecule has 6 nitrogen and oxygen atoms in total. The van der Waals surface area contributed by atoms with Crippen LogP contribution in [0.25, 0.3) is 0 Å². The van der Waals surface area contributed by atoms with Crippen LogP contribution in [0.2, 0.25) is 0 Å². The van der Waals surface area contributed by atoms with E-state index in [0.717, 1.165) is 18.4 Å². The van der Waals surface area contributed by atoms with Crippen molar-refractivity contribution >= 4 is 17.7 Å². The molecule has 0 unspecified atom stereocenters. The van der Waals surface area contributed by atoms with Gasteiger partial charge in [0.05, 0.1) is 6.54 Å². The molecule has 1 aliphatic rings. The van der Waals surface area contributed by atoms with E-state index in [9.17, 15) is 4.79 Å². The lowest BCUT2D eigenvalue weighted by Crippen LogP contribution is -2.31. The third kappa shape index (κ3) is 3.30. The lowest BCUT2D eigenvalue weighted by molar-refractivity contribution is -0.119. The quantitative estimate of drug-likeness (QED) is 0.693. The van der Waals surface area contributed by atoms with E-state index in [4.69, 9.17) is 0 Å². The second-order valence-corrected chi connectivity index (χ2v) is 4.17. The predicted octanol–water partition coefficient (Wildman–Crippen LogP) is 0.517. The summed E-state index contributed by atoms with van der Waals surface area (Å²) in [5, 5.41) is 8.79. The van der Waals surface area contributed by atoms with Crippen LogP contribution in [0.4, 0.5) is 11.8 Å². The Labute approximate surface area is 100 Å². The first-order valence-electron chi connectivity index (χ1n) is 5.73. The Morgan fingerprint density at radius 3 is 2.94 bits per heavy atom. The summed E-state index contributed by atoms with van der Waals surface area (Å²) in [6, 6.07) is 0.392. The van der Waals surface area contributed by atoms with Crippen molar-refractivity contribution in [2.75, 3.05) is 24.2 Å². The topological polar surface area (TPSA) is 78.9 Å². The van der Waals surface area contributed by atoms with Gasteiger partial charge in [-0.15, -0.1) is 0 Å². The predicted molar refractivity (Wildman–Crippen MR) is 66.0 cm³/mol. The van der Waals surface area contributed by atoms with Crippen LogP contribution in [0.15, 0.2) is 6.20 Å². The molecule has 0 bridgehead atoms. The maximum absolute atomic E-state index is 11.5. The summed E-state index contributed by atoms with van der Waals surface area (Å²) in [6.45, 7) is 2.15. The van der Waals surface area contributed by atoms with Crippen molar-refractivity contribution in [1.82, 2.24) is 15.3 Å². The van der Waals surface area contributed by atoms with E-state index >= 15 is 0 Å². The molecule has 17 heavy (non-hydrogen) atoms. The molecule has 0 radical (unpaired) electrons. The van der Waals surface area contributed by atoms with Crippen molar-refractivity contribution in [3.63, 3.8) is 0 Å². The van der Waals surface area contributed by atoms with E-state index in [1.54, 1.807) is 13.2 Å². The van der Waals surface area contributed by atoms with Gasteiger partial charge in [-0.05, 0) is 19.8 Å². The van der Waals surface area contributed by atoms with Gasteiger partial charge >= 0.3 is 0 Å². The molecule has 3 N–H and O–H groups in total. The monoisotopic (exact) mass is 235 g/mol. The molecule has 6 heteroatoms. The Morgan fingerprint density at radius 2 is 2.29 bits per heavy atom. The first-order valence-corrected chi connectivity index (χ1v) is 5.73. The molecule has 0 spiro atoms. The van der Waals surface area contributed by atoms with E-state index in [1.165, 1.54) is 0 Å². The Hall–Kier alpha value is -1.85. The molecule has 0 aliphatic heterocycles. The fourth-order valence-corrected chi connectivity index (χ4v) is 1.41. The Kier molecular flexibility index (Phi) is 3.41. The highest BCUT2D eigenvalue weighted by Crippen LogP contribution is 2.18. The van der Waals surface area contributed by atoms with Crippen LogP contribution in [-0.4, -0.2) is 35.5 Å². The number of nitrogens with zero attached hydrogens (tertiary/aromatic N) is 2. The maximum Gasteiger partial charge on any atom is 0.239 e. The van der Waals surface area contributed by atoms with Gasteiger partial charge in [0.2, 0.25) is 11.9 Å². The number of carbonyl (C=O) groups is 1. The SMILES string of the molecule is CNc1ncc(C)c(NCC(=O)NC2CC2)n1. The number of hydrogen-bond acceptors (Lipinski definition) is 5. The molecule has 1 heterocycles. The molecule has 0 aromatic carbocycles. The normalized spacial score (nSPS) is 14.2. The summed E-state index contributed by atoms with van der Waals surface area (Å²) in [4.78, 5) is 19.8. The second kappa shape index (κ2) is 4.99. The third-order valence-electron chi connectivity index (χ3n) is 2.55. The molecule has 1 fully saturated rings. The van der Waals surface area contributed by atoms with Gasteiger partial charge in [0, 0.05) is 24.8 Å². The summed E-state index contributed by atoms with van der Waals surface area (Å²) in [5.41, 5.74) is 0.920. The molecule has 1 amide bonds. The van der Waals surface area contributed by atoms with Gasteiger partial charge in [-0.25, -0.2) is 4.98 Å². The molecular formula is C11H17N5O. The number of nitrogens with one attached hydrogen (secondary N) is 3. The molecule has 1 aromatic rings. The first kappa shape index (κ1) is 11.6. The lowest BCUT2D eigenvalue weighted by Gasteiger charge is -2.09. The van der Waals surface area contributed by atoms with Crippen molar-refractivity contribution in [1.29, 1.82) is 0 Å². The summed E-state index contributed by atoms with van der Waals surface area (Å²) < 4.78 is 0. The van der Waals surface area contributed by atoms with Gasteiger partial charge in [0.25, 0.3) is 0 Å². The second-order valence-electron chi connectivity index (χ2n) is 4.17. The number of aryl methyl sites for hydroxylation is 1. The van der Waals surface area contributed by atoms with Gasteiger partial charge in [-0.1, -0.05) is 0 Å². The van der Waals surface area contributed by atoms with Crippen molar-refractivity contribution in [2.24, 2.45) is 0 Å². The van der Waals surface area contributed by atoms with Gasteiger partial charge in [-0.2, -0.15) is 4.98 Å². The smallest absolute Gasteiger partial charge is 0.239 e. The number of aromatic nitrogens is 2. The molecule has 2 rings (SSSR count). The zero-order valence-corrected chi connectivity index (χ0v) is 10.1. The van der Waals surface area contributed by atoms with E-state index in [1.807, 2.05) is 6.92 Å². The molecule has 0 atom stereocenters. The molecule has 1 aromatic heterocycles. The van der Waals surface area contributed by atoms with Crippen LogP contribution in [-0.2, 0) is 4.79 Å². The van der Waals surface area contributed by atoms with Crippen LogP contribution in [0, 0.1) is 6.92 Å². The van der Waals surface area contributed by atoms with E-state index in [2.05, 4.69) is 25.9 Å². The Bertz CT molecular complexity index is 416. The number of rotatable bonds is 5. The average molecular weight is 235 g/mol. The summed E-state index contributed by atoms with van der Waals surface area (Å²) in [6.07, 6.45) is 3.92. The Balaban J connectivity index is 1.90. The highest BCUT2D eigenvalue weighted by atomic mass is 16.2. The third-order valence-corrected chi connectivity index (χ3v) is 2.55. The number of amides is 1. The first-order chi connectivity index (χ1) is 8.19. The molecule has 0 saturated heterocycles. The molecule has 1 saturated carbocycles. The zero-order chi connectivity index (χ0) is 12.3. The minimum atomic E-state index is 0.0107.